The lowest BCUT2D eigenvalue weighted by Crippen LogP contribution is -2.16. The van der Waals surface area contributed by atoms with E-state index >= 15 is 0 Å². The highest BCUT2D eigenvalue weighted by Gasteiger charge is 2.21. The Morgan fingerprint density at radius 3 is 2.61 bits per heavy atom. The van der Waals surface area contributed by atoms with Gasteiger partial charge in [-0.2, -0.15) is 0 Å². The Morgan fingerprint density at radius 2 is 1.91 bits per heavy atom. The summed E-state index contributed by atoms with van der Waals surface area (Å²) in [4.78, 5) is 32.5. The average molecular weight is 309 g/mol. The molecule has 0 aliphatic rings. The predicted octanol–water partition coefficient (Wildman–Crippen LogP) is 3.29. The van der Waals surface area contributed by atoms with Gasteiger partial charge in [0.1, 0.15) is 11.4 Å². The van der Waals surface area contributed by atoms with E-state index in [0.29, 0.717) is 33.7 Å². The number of ketones is 1. The van der Waals surface area contributed by atoms with Gasteiger partial charge in [-0.15, -0.1) is 0 Å². The molecule has 1 aromatic carbocycles. The fourth-order valence-electron chi connectivity index (χ4n) is 2.40. The second-order valence-corrected chi connectivity index (χ2v) is 5.23. The number of carbonyl (C=O) groups is 2. The summed E-state index contributed by atoms with van der Waals surface area (Å²) in [5, 5.41) is 3.44. The highest BCUT2D eigenvalue weighted by molar-refractivity contribution is 6.14. The van der Waals surface area contributed by atoms with Crippen molar-refractivity contribution in [3.05, 3.63) is 53.3 Å². The molecule has 0 atom stereocenters. The molecule has 0 aliphatic heterocycles. The molecule has 0 saturated carbocycles. The van der Waals surface area contributed by atoms with Gasteiger partial charge < -0.3 is 9.73 Å². The lowest BCUT2D eigenvalue weighted by Gasteiger charge is -2.07. The zero-order valence-corrected chi connectivity index (χ0v) is 13.0. The SMILES string of the molecule is CC(=O)c1oc2ccccc2c1NC(=O)c1cnc(C)nc1C. The van der Waals surface area contributed by atoms with E-state index in [-0.39, 0.29) is 17.5 Å². The van der Waals surface area contributed by atoms with Crippen molar-refractivity contribution in [2.75, 3.05) is 5.32 Å². The maximum Gasteiger partial charge on any atom is 0.259 e. The fraction of sp³-hybridized carbons (Fsp3) is 0.176. The average Bonchev–Trinajstić information content (AvgIpc) is 2.86. The monoisotopic (exact) mass is 309 g/mol. The molecule has 2 aromatic heterocycles. The number of rotatable bonds is 3. The Hall–Kier alpha value is -3.02. The number of fused-ring (bicyclic) bond motifs is 1. The van der Waals surface area contributed by atoms with Crippen molar-refractivity contribution in [2.24, 2.45) is 0 Å². The van der Waals surface area contributed by atoms with Crippen LogP contribution in [0.2, 0.25) is 0 Å². The van der Waals surface area contributed by atoms with Gasteiger partial charge in [0.15, 0.2) is 11.5 Å². The first-order valence-electron chi connectivity index (χ1n) is 7.11. The number of hydrogen-bond acceptors (Lipinski definition) is 5. The summed E-state index contributed by atoms with van der Waals surface area (Å²) in [6.07, 6.45) is 1.47. The Bertz CT molecular complexity index is 928. The normalized spacial score (nSPS) is 10.7. The summed E-state index contributed by atoms with van der Waals surface area (Å²) >= 11 is 0. The minimum atomic E-state index is -0.378. The van der Waals surface area contributed by atoms with Crippen LogP contribution in [0.5, 0.6) is 0 Å². The minimum absolute atomic E-state index is 0.130. The second kappa shape index (κ2) is 5.64. The van der Waals surface area contributed by atoms with Crippen LogP contribution >= 0.6 is 0 Å². The number of amides is 1. The van der Waals surface area contributed by atoms with Crippen molar-refractivity contribution in [3.8, 4) is 0 Å². The van der Waals surface area contributed by atoms with Crippen molar-refractivity contribution >= 4 is 28.3 Å². The molecule has 1 N–H and O–H groups in total. The standard InChI is InChI=1S/C17H15N3O3/c1-9-13(8-18-11(3)19-9)17(22)20-15-12-6-4-5-7-14(12)23-16(15)10(2)21/h4-8H,1-3H3,(H,20,22). The number of para-hydroxylation sites is 1. The van der Waals surface area contributed by atoms with E-state index in [9.17, 15) is 9.59 Å². The van der Waals surface area contributed by atoms with Gasteiger partial charge in [0.25, 0.3) is 5.91 Å². The molecule has 1 amide bonds. The molecule has 23 heavy (non-hydrogen) atoms. The molecule has 0 spiro atoms. The van der Waals surface area contributed by atoms with E-state index in [2.05, 4.69) is 15.3 Å². The van der Waals surface area contributed by atoms with E-state index in [1.807, 2.05) is 6.07 Å². The first-order valence-corrected chi connectivity index (χ1v) is 7.11. The third-order valence-electron chi connectivity index (χ3n) is 3.50. The molecular formula is C17H15N3O3. The van der Waals surface area contributed by atoms with Gasteiger partial charge >= 0.3 is 0 Å². The van der Waals surface area contributed by atoms with Gasteiger partial charge in [0.2, 0.25) is 0 Å². The number of furan rings is 1. The summed E-state index contributed by atoms with van der Waals surface area (Å²) in [5.41, 5.74) is 1.85. The second-order valence-electron chi connectivity index (χ2n) is 5.23. The zero-order valence-electron chi connectivity index (χ0n) is 13.0. The number of aryl methyl sites for hydroxylation is 2. The quantitative estimate of drug-likeness (QED) is 0.750. The van der Waals surface area contributed by atoms with E-state index in [1.165, 1.54) is 13.1 Å². The van der Waals surface area contributed by atoms with Crippen LogP contribution in [0, 0.1) is 13.8 Å². The lowest BCUT2D eigenvalue weighted by atomic mass is 10.1. The number of hydrogen-bond donors (Lipinski definition) is 1. The molecule has 0 aliphatic carbocycles. The number of Topliss-reactive ketones (excluding diaryl/α,β-unsaturated/α-hetero) is 1. The molecule has 0 saturated heterocycles. The fourth-order valence-corrected chi connectivity index (χ4v) is 2.40. The molecular weight excluding hydrogens is 294 g/mol. The Labute approximate surface area is 132 Å². The Balaban J connectivity index is 2.05. The zero-order chi connectivity index (χ0) is 16.6. The van der Waals surface area contributed by atoms with Crippen molar-refractivity contribution in [3.63, 3.8) is 0 Å². The minimum Gasteiger partial charge on any atom is -0.451 e. The molecule has 2 heterocycles. The predicted molar refractivity (Wildman–Crippen MR) is 85.7 cm³/mol. The van der Waals surface area contributed by atoms with Crippen LogP contribution in [-0.4, -0.2) is 21.7 Å². The molecule has 0 fully saturated rings. The molecule has 0 unspecified atom stereocenters. The highest BCUT2D eigenvalue weighted by Crippen LogP contribution is 2.31. The first kappa shape index (κ1) is 14.9. The van der Waals surface area contributed by atoms with Gasteiger partial charge in [0, 0.05) is 18.5 Å². The number of carbonyl (C=O) groups excluding carboxylic acids is 2. The van der Waals surface area contributed by atoms with Crippen LogP contribution in [-0.2, 0) is 0 Å². The topological polar surface area (TPSA) is 85.1 Å². The van der Waals surface area contributed by atoms with Crippen LogP contribution < -0.4 is 5.32 Å². The van der Waals surface area contributed by atoms with Crippen LogP contribution in [0.4, 0.5) is 5.69 Å². The van der Waals surface area contributed by atoms with Crippen LogP contribution in [0.15, 0.2) is 34.9 Å². The van der Waals surface area contributed by atoms with Gasteiger partial charge in [0.05, 0.1) is 16.9 Å². The number of nitrogens with zero attached hydrogens (tertiary/aromatic N) is 2. The molecule has 6 heteroatoms. The Morgan fingerprint density at radius 1 is 1.17 bits per heavy atom. The highest BCUT2D eigenvalue weighted by atomic mass is 16.3. The number of aromatic nitrogens is 2. The number of anilines is 1. The summed E-state index contributed by atoms with van der Waals surface area (Å²) in [6.45, 7) is 4.89. The van der Waals surface area contributed by atoms with Crippen molar-refractivity contribution in [2.45, 2.75) is 20.8 Å². The van der Waals surface area contributed by atoms with E-state index < -0.39 is 0 Å². The largest absolute Gasteiger partial charge is 0.451 e. The van der Waals surface area contributed by atoms with E-state index in [4.69, 9.17) is 4.42 Å². The summed E-state index contributed by atoms with van der Waals surface area (Å²) < 4.78 is 5.55. The van der Waals surface area contributed by atoms with Gasteiger partial charge in [-0.25, -0.2) is 9.97 Å². The first-order chi connectivity index (χ1) is 11.0. The van der Waals surface area contributed by atoms with Crippen molar-refractivity contribution < 1.29 is 14.0 Å². The smallest absolute Gasteiger partial charge is 0.259 e. The van der Waals surface area contributed by atoms with Gasteiger partial charge in [-0.05, 0) is 26.0 Å². The third kappa shape index (κ3) is 2.70. The van der Waals surface area contributed by atoms with Crippen LogP contribution in [0.1, 0.15) is 39.4 Å². The Kier molecular flexibility index (Phi) is 3.65. The number of benzene rings is 1. The lowest BCUT2D eigenvalue weighted by molar-refractivity contribution is 0.0990. The molecule has 3 aromatic rings. The van der Waals surface area contributed by atoms with E-state index in [1.54, 1.807) is 32.0 Å². The van der Waals surface area contributed by atoms with Crippen molar-refractivity contribution in [1.29, 1.82) is 0 Å². The maximum atomic E-state index is 12.5. The van der Waals surface area contributed by atoms with E-state index in [0.717, 1.165) is 0 Å². The maximum absolute atomic E-state index is 12.5. The van der Waals surface area contributed by atoms with Crippen LogP contribution in [0.25, 0.3) is 11.0 Å². The summed E-state index contributed by atoms with van der Waals surface area (Å²) in [5.74, 6) is 0.0902. The molecule has 0 radical (unpaired) electrons. The summed E-state index contributed by atoms with van der Waals surface area (Å²) in [7, 11) is 0. The number of nitrogens with one attached hydrogen (secondary N) is 1. The van der Waals surface area contributed by atoms with Gasteiger partial charge in [-0.3, -0.25) is 9.59 Å². The molecule has 0 bridgehead atoms. The molecule has 6 nitrogen and oxygen atoms in total. The molecule has 116 valence electrons. The van der Waals surface area contributed by atoms with Gasteiger partial charge in [-0.1, -0.05) is 12.1 Å². The van der Waals surface area contributed by atoms with Crippen LogP contribution in [0.3, 0.4) is 0 Å². The third-order valence-corrected chi connectivity index (χ3v) is 3.50. The van der Waals surface area contributed by atoms with Crippen molar-refractivity contribution in [1.82, 2.24) is 9.97 Å². The summed E-state index contributed by atoms with van der Waals surface area (Å²) in [6, 6.07) is 7.16. The molecule has 3 rings (SSSR count).